The van der Waals surface area contributed by atoms with E-state index in [2.05, 4.69) is 10.6 Å². The Balaban J connectivity index is 1.47. The van der Waals surface area contributed by atoms with Crippen LogP contribution in [0.1, 0.15) is 30.3 Å². The minimum atomic E-state index is -0.358. The van der Waals surface area contributed by atoms with E-state index in [-0.39, 0.29) is 36.0 Å². The number of esters is 1. The Morgan fingerprint density at radius 2 is 1.83 bits per heavy atom. The van der Waals surface area contributed by atoms with Crippen LogP contribution in [0.4, 0.5) is 11.4 Å². The number of anilines is 2. The second kappa shape index (κ2) is 9.88. The fraction of sp³-hybridized carbons (Fsp3) is 0.381. The molecule has 2 aromatic rings. The average Bonchev–Trinajstić information content (AvgIpc) is 3.24. The molecule has 8 nitrogen and oxygen atoms in total. The second-order valence-electron chi connectivity index (χ2n) is 6.86. The Hall–Kier alpha value is -3.13. The fourth-order valence-corrected chi connectivity index (χ4v) is 3.27. The highest BCUT2D eigenvalue weighted by molar-refractivity contribution is 6.02. The molecule has 0 aliphatic carbocycles. The molecule has 2 heterocycles. The number of benzene rings is 1. The van der Waals surface area contributed by atoms with Crippen molar-refractivity contribution < 1.29 is 23.5 Å². The molecule has 0 radical (unpaired) electrons. The lowest BCUT2D eigenvalue weighted by Crippen LogP contribution is -2.41. The van der Waals surface area contributed by atoms with Gasteiger partial charge in [0.25, 0.3) is 5.91 Å². The number of carbonyl (C=O) groups is 3. The number of amides is 2. The third kappa shape index (κ3) is 5.92. The molecular formula is C21H25N3O5. The first kappa shape index (κ1) is 20.6. The van der Waals surface area contributed by atoms with Crippen LogP contribution in [0.5, 0.6) is 0 Å². The van der Waals surface area contributed by atoms with Gasteiger partial charge >= 0.3 is 5.97 Å². The summed E-state index contributed by atoms with van der Waals surface area (Å²) in [6.07, 6.45) is 2.82. The number of ether oxygens (including phenoxy) is 1. The van der Waals surface area contributed by atoms with E-state index in [4.69, 9.17) is 9.15 Å². The summed E-state index contributed by atoms with van der Waals surface area (Å²) in [5, 5.41) is 5.57. The van der Waals surface area contributed by atoms with Crippen molar-refractivity contribution in [2.75, 3.05) is 36.9 Å². The molecule has 3 rings (SSSR count). The molecule has 29 heavy (non-hydrogen) atoms. The number of rotatable bonds is 7. The number of hydrogen-bond acceptors (Lipinski definition) is 6. The lowest BCUT2D eigenvalue weighted by atomic mass is 9.97. The van der Waals surface area contributed by atoms with E-state index in [1.54, 1.807) is 43.3 Å². The van der Waals surface area contributed by atoms with E-state index < -0.39 is 0 Å². The number of likely N-dealkylation sites (tertiary alicyclic amines) is 1. The Morgan fingerprint density at radius 1 is 1.10 bits per heavy atom. The van der Waals surface area contributed by atoms with E-state index in [0.29, 0.717) is 43.9 Å². The minimum Gasteiger partial charge on any atom is -0.466 e. The smallest absolute Gasteiger partial charge is 0.309 e. The summed E-state index contributed by atoms with van der Waals surface area (Å²) in [5.74, 6) is -0.517. The number of nitrogens with one attached hydrogen (secondary N) is 2. The molecule has 1 aromatic heterocycles. The van der Waals surface area contributed by atoms with Crippen LogP contribution in [0.25, 0.3) is 0 Å². The van der Waals surface area contributed by atoms with Gasteiger partial charge in [0.15, 0.2) is 5.76 Å². The number of piperidine rings is 1. The normalized spacial score (nSPS) is 14.9. The first-order valence-electron chi connectivity index (χ1n) is 9.69. The standard InChI is InChI=1S/C21H25N3O5/c1-2-28-21(27)15-8-10-24(11-9-15)14-19(25)22-16-5-3-6-17(13-16)23-20(26)18-7-4-12-29-18/h3-7,12-13,15H,2,8-11,14H2,1H3,(H,22,25)(H,23,26). The quantitative estimate of drug-likeness (QED) is 0.695. The molecule has 2 amide bonds. The molecule has 8 heteroatoms. The fourth-order valence-electron chi connectivity index (χ4n) is 3.27. The molecule has 0 bridgehead atoms. The Labute approximate surface area is 169 Å². The summed E-state index contributed by atoms with van der Waals surface area (Å²) in [6, 6.07) is 10.1. The first-order chi connectivity index (χ1) is 14.0. The average molecular weight is 399 g/mol. The molecule has 1 fully saturated rings. The monoisotopic (exact) mass is 399 g/mol. The summed E-state index contributed by atoms with van der Waals surface area (Å²) in [4.78, 5) is 38.2. The zero-order chi connectivity index (χ0) is 20.6. The van der Waals surface area contributed by atoms with E-state index in [0.717, 1.165) is 0 Å². The predicted molar refractivity (Wildman–Crippen MR) is 108 cm³/mol. The van der Waals surface area contributed by atoms with Gasteiger partial charge in [-0.05, 0) is 63.2 Å². The predicted octanol–water partition coefficient (Wildman–Crippen LogP) is 2.75. The van der Waals surface area contributed by atoms with E-state index in [9.17, 15) is 14.4 Å². The van der Waals surface area contributed by atoms with Crippen LogP contribution >= 0.6 is 0 Å². The van der Waals surface area contributed by atoms with Gasteiger partial charge in [0, 0.05) is 11.4 Å². The van der Waals surface area contributed by atoms with Gasteiger partial charge in [-0.3, -0.25) is 19.3 Å². The largest absolute Gasteiger partial charge is 0.466 e. The molecule has 2 N–H and O–H groups in total. The summed E-state index contributed by atoms with van der Waals surface area (Å²) in [7, 11) is 0. The first-order valence-corrected chi connectivity index (χ1v) is 9.69. The number of carbonyl (C=O) groups excluding carboxylic acids is 3. The van der Waals surface area contributed by atoms with Crippen LogP contribution in [0.2, 0.25) is 0 Å². The van der Waals surface area contributed by atoms with Crippen LogP contribution in [0, 0.1) is 5.92 Å². The van der Waals surface area contributed by atoms with Gasteiger partial charge in [-0.25, -0.2) is 0 Å². The molecule has 1 aromatic carbocycles. The van der Waals surface area contributed by atoms with E-state index >= 15 is 0 Å². The highest BCUT2D eigenvalue weighted by Gasteiger charge is 2.26. The van der Waals surface area contributed by atoms with Gasteiger partial charge < -0.3 is 19.8 Å². The molecule has 1 saturated heterocycles. The topological polar surface area (TPSA) is 101 Å². The third-order valence-electron chi connectivity index (χ3n) is 4.72. The summed E-state index contributed by atoms with van der Waals surface area (Å²) in [6.45, 7) is 3.79. The SMILES string of the molecule is CCOC(=O)C1CCN(CC(=O)Nc2cccc(NC(=O)c3ccco3)c2)CC1. The van der Waals surface area contributed by atoms with Gasteiger partial charge in [-0.15, -0.1) is 0 Å². The summed E-state index contributed by atoms with van der Waals surface area (Å²) in [5.41, 5.74) is 1.15. The van der Waals surface area contributed by atoms with Crippen molar-refractivity contribution in [1.82, 2.24) is 4.90 Å². The zero-order valence-electron chi connectivity index (χ0n) is 16.3. The van der Waals surface area contributed by atoms with Crippen molar-refractivity contribution in [2.24, 2.45) is 5.92 Å². The molecule has 0 saturated carbocycles. The Kier molecular flexibility index (Phi) is 7.02. The van der Waals surface area contributed by atoms with Crippen molar-refractivity contribution in [3.8, 4) is 0 Å². The number of nitrogens with zero attached hydrogens (tertiary/aromatic N) is 1. The van der Waals surface area contributed by atoms with Crippen LogP contribution < -0.4 is 10.6 Å². The van der Waals surface area contributed by atoms with Crippen molar-refractivity contribution in [3.05, 3.63) is 48.4 Å². The van der Waals surface area contributed by atoms with Crippen molar-refractivity contribution >= 4 is 29.2 Å². The van der Waals surface area contributed by atoms with Gasteiger partial charge in [-0.2, -0.15) is 0 Å². The lowest BCUT2D eigenvalue weighted by Gasteiger charge is -2.30. The van der Waals surface area contributed by atoms with Gasteiger partial charge in [0.1, 0.15) is 0 Å². The molecule has 0 atom stereocenters. The van der Waals surface area contributed by atoms with E-state index in [1.165, 1.54) is 6.26 Å². The Morgan fingerprint density at radius 3 is 2.48 bits per heavy atom. The van der Waals surface area contributed by atoms with Gasteiger partial charge in [0.2, 0.25) is 5.91 Å². The lowest BCUT2D eigenvalue weighted by molar-refractivity contribution is -0.149. The summed E-state index contributed by atoms with van der Waals surface area (Å²) < 4.78 is 10.1. The van der Waals surface area contributed by atoms with Crippen LogP contribution in [-0.2, 0) is 14.3 Å². The van der Waals surface area contributed by atoms with Gasteiger partial charge in [-0.1, -0.05) is 6.07 Å². The molecule has 0 unspecified atom stereocenters. The molecule has 1 aliphatic heterocycles. The van der Waals surface area contributed by atoms with Gasteiger partial charge in [0.05, 0.1) is 25.3 Å². The number of furan rings is 1. The molecular weight excluding hydrogens is 374 g/mol. The maximum atomic E-state index is 12.4. The van der Waals surface area contributed by atoms with Crippen LogP contribution in [-0.4, -0.2) is 48.9 Å². The maximum Gasteiger partial charge on any atom is 0.309 e. The second-order valence-corrected chi connectivity index (χ2v) is 6.86. The minimum absolute atomic E-state index is 0.0799. The van der Waals surface area contributed by atoms with Crippen molar-refractivity contribution in [1.29, 1.82) is 0 Å². The van der Waals surface area contributed by atoms with E-state index in [1.807, 2.05) is 4.90 Å². The van der Waals surface area contributed by atoms with Crippen molar-refractivity contribution in [3.63, 3.8) is 0 Å². The maximum absolute atomic E-state index is 12.4. The molecule has 1 aliphatic rings. The van der Waals surface area contributed by atoms with Crippen LogP contribution in [0.3, 0.4) is 0 Å². The third-order valence-corrected chi connectivity index (χ3v) is 4.72. The zero-order valence-corrected chi connectivity index (χ0v) is 16.3. The number of hydrogen-bond donors (Lipinski definition) is 2. The van der Waals surface area contributed by atoms with Crippen molar-refractivity contribution in [2.45, 2.75) is 19.8 Å². The van der Waals surface area contributed by atoms with Crippen LogP contribution in [0.15, 0.2) is 47.1 Å². The Bertz CT molecular complexity index is 842. The molecule has 154 valence electrons. The molecule has 0 spiro atoms. The highest BCUT2D eigenvalue weighted by Crippen LogP contribution is 2.19. The summed E-state index contributed by atoms with van der Waals surface area (Å²) >= 11 is 0. The highest BCUT2D eigenvalue weighted by atomic mass is 16.5.